The van der Waals surface area contributed by atoms with Crippen LogP contribution >= 0.6 is 11.3 Å². The van der Waals surface area contributed by atoms with Crippen molar-refractivity contribution in [1.29, 1.82) is 5.26 Å². The number of allylic oxidation sites excluding steroid dienone is 1. The van der Waals surface area contributed by atoms with Crippen LogP contribution in [0, 0.1) is 11.3 Å². The van der Waals surface area contributed by atoms with Gasteiger partial charge in [-0.15, -0.1) is 0 Å². The van der Waals surface area contributed by atoms with E-state index in [1.807, 2.05) is 49.4 Å². The quantitative estimate of drug-likeness (QED) is 0.241. The number of carbonyl (C=O) groups excluding carboxylic acids is 1. The average Bonchev–Trinajstić information content (AvgIpc) is 3.34. The first kappa shape index (κ1) is 30.3. The Balaban J connectivity index is 1.51. The van der Waals surface area contributed by atoms with Crippen molar-refractivity contribution in [3.63, 3.8) is 0 Å². The lowest BCUT2D eigenvalue weighted by atomic mass is 9.96. The number of carbonyl (C=O) groups is 1. The van der Waals surface area contributed by atoms with Gasteiger partial charge in [0.05, 0.1) is 53.8 Å². The number of hydrogen-bond donors (Lipinski definition) is 0. The first-order chi connectivity index (χ1) is 21.4. The molecule has 0 saturated carbocycles. The Bertz CT molecular complexity index is 1930. The van der Waals surface area contributed by atoms with Gasteiger partial charge in [0, 0.05) is 0 Å². The largest absolute Gasteiger partial charge is 0.494 e. The minimum absolute atomic E-state index is 0.199. The lowest BCUT2D eigenvalue weighted by Crippen LogP contribution is -2.39. The summed E-state index contributed by atoms with van der Waals surface area (Å²) in [5.74, 6) is 1.23. The molecule has 0 saturated heterocycles. The third kappa shape index (κ3) is 6.28. The molecule has 0 bridgehead atoms. The fourth-order valence-electron chi connectivity index (χ4n) is 4.90. The van der Waals surface area contributed by atoms with E-state index >= 15 is 0 Å². The zero-order valence-corrected chi connectivity index (χ0v) is 25.6. The molecule has 0 radical (unpaired) electrons. The van der Waals surface area contributed by atoms with Gasteiger partial charge in [-0.1, -0.05) is 41.7 Å². The molecule has 224 valence electrons. The molecule has 44 heavy (non-hydrogen) atoms. The maximum Gasteiger partial charge on any atom is 0.338 e. The molecule has 3 aromatic carbocycles. The van der Waals surface area contributed by atoms with Crippen LogP contribution in [0.15, 0.2) is 87.8 Å². The molecule has 1 aromatic heterocycles. The Morgan fingerprint density at radius 1 is 1.02 bits per heavy atom. The van der Waals surface area contributed by atoms with Crippen molar-refractivity contribution < 1.29 is 23.7 Å². The summed E-state index contributed by atoms with van der Waals surface area (Å²) < 4.78 is 24.5. The molecule has 0 fully saturated rings. The Hall–Kier alpha value is -5.14. The first-order valence-electron chi connectivity index (χ1n) is 14.1. The molecular formula is C34H31N3O6S. The van der Waals surface area contributed by atoms with E-state index in [0.717, 1.165) is 16.7 Å². The highest BCUT2D eigenvalue weighted by atomic mass is 32.1. The summed E-state index contributed by atoms with van der Waals surface area (Å²) in [7, 11) is 1.55. The lowest BCUT2D eigenvalue weighted by Gasteiger charge is -2.24. The van der Waals surface area contributed by atoms with Crippen LogP contribution in [0.4, 0.5) is 0 Å². The van der Waals surface area contributed by atoms with Crippen LogP contribution in [0.3, 0.4) is 0 Å². The van der Waals surface area contributed by atoms with Crippen molar-refractivity contribution >= 4 is 23.4 Å². The third-order valence-electron chi connectivity index (χ3n) is 6.99. The summed E-state index contributed by atoms with van der Waals surface area (Å²) in [4.78, 5) is 32.2. The summed E-state index contributed by atoms with van der Waals surface area (Å²) in [6.45, 7) is 6.43. The summed E-state index contributed by atoms with van der Waals surface area (Å²) in [5.41, 5.74) is 3.51. The Morgan fingerprint density at radius 2 is 1.77 bits per heavy atom. The standard InChI is InChI=1S/C34H31N3O6S/c1-5-41-26-14-12-25(13-15-26)31-30(33(39)42-6-2)21(3)36-34-37(31)32(38)29(44-34)18-24-11-16-27(28(17-24)40-4)43-20-23-9-7-22(19-35)8-10-23/h7-18,31H,5-6,20H2,1-4H3/b29-18-/t31-/m0/s1. The van der Waals surface area contributed by atoms with E-state index in [0.29, 0.717) is 56.6 Å². The molecule has 0 aliphatic carbocycles. The molecule has 1 aliphatic heterocycles. The zero-order chi connectivity index (χ0) is 31.2. The van der Waals surface area contributed by atoms with E-state index in [-0.39, 0.29) is 12.2 Å². The van der Waals surface area contributed by atoms with Gasteiger partial charge in [-0.3, -0.25) is 9.36 Å². The zero-order valence-electron chi connectivity index (χ0n) is 24.8. The predicted molar refractivity (Wildman–Crippen MR) is 166 cm³/mol. The van der Waals surface area contributed by atoms with Crippen LogP contribution in [0.1, 0.15) is 49.1 Å². The van der Waals surface area contributed by atoms with E-state index in [4.69, 9.17) is 24.2 Å². The van der Waals surface area contributed by atoms with Crippen molar-refractivity contribution in [1.82, 2.24) is 4.57 Å². The van der Waals surface area contributed by atoms with Crippen LogP contribution in [-0.2, 0) is 16.1 Å². The number of nitrogens with zero attached hydrogens (tertiary/aromatic N) is 3. The fraction of sp³-hybridized carbons (Fsp3) is 0.235. The van der Waals surface area contributed by atoms with Gasteiger partial charge in [0.25, 0.3) is 5.56 Å². The Morgan fingerprint density at radius 3 is 2.43 bits per heavy atom. The van der Waals surface area contributed by atoms with Gasteiger partial charge >= 0.3 is 5.97 Å². The molecule has 0 amide bonds. The SMILES string of the molecule is CCOC(=O)C1=C(C)N=c2s/c(=C\c3ccc(OCc4ccc(C#N)cc4)c(OC)c3)c(=O)n2[C@H]1c1ccc(OCC)cc1. The average molecular weight is 610 g/mol. The van der Waals surface area contributed by atoms with Gasteiger partial charge in [0.15, 0.2) is 16.3 Å². The minimum Gasteiger partial charge on any atom is -0.494 e. The summed E-state index contributed by atoms with van der Waals surface area (Å²) in [6.07, 6.45) is 1.77. The normalized spacial score (nSPS) is 14.3. The molecule has 10 heteroatoms. The van der Waals surface area contributed by atoms with Crippen LogP contribution in [0.5, 0.6) is 17.2 Å². The van der Waals surface area contributed by atoms with Crippen molar-refractivity contribution in [3.8, 4) is 23.3 Å². The van der Waals surface area contributed by atoms with Crippen LogP contribution in [0.2, 0.25) is 0 Å². The van der Waals surface area contributed by atoms with Crippen LogP contribution < -0.4 is 29.1 Å². The van der Waals surface area contributed by atoms with E-state index in [9.17, 15) is 9.59 Å². The molecule has 4 aromatic rings. The third-order valence-corrected chi connectivity index (χ3v) is 7.97. The number of ether oxygens (including phenoxy) is 4. The number of aromatic nitrogens is 1. The number of esters is 1. The van der Waals surface area contributed by atoms with Gasteiger partial charge in [-0.25, -0.2) is 9.79 Å². The predicted octanol–water partition coefficient (Wildman–Crippen LogP) is 4.66. The monoisotopic (exact) mass is 609 g/mol. The van der Waals surface area contributed by atoms with E-state index < -0.39 is 12.0 Å². The Labute approximate surface area is 258 Å². The highest BCUT2D eigenvalue weighted by Crippen LogP contribution is 2.32. The summed E-state index contributed by atoms with van der Waals surface area (Å²) in [6, 6.07) is 21.3. The van der Waals surface area contributed by atoms with Crippen molar-refractivity contribution in [2.75, 3.05) is 20.3 Å². The molecule has 9 nitrogen and oxygen atoms in total. The van der Waals surface area contributed by atoms with Crippen molar-refractivity contribution in [3.05, 3.63) is 120 Å². The van der Waals surface area contributed by atoms with Gasteiger partial charge in [-0.05, 0) is 79.9 Å². The number of hydrogen-bond acceptors (Lipinski definition) is 9. The van der Waals surface area contributed by atoms with E-state index in [1.165, 1.54) is 11.3 Å². The van der Waals surface area contributed by atoms with Gasteiger partial charge in [-0.2, -0.15) is 5.26 Å². The first-order valence-corrected chi connectivity index (χ1v) is 14.9. The number of fused-ring (bicyclic) bond motifs is 1. The smallest absolute Gasteiger partial charge is 0.338 e. The number of thiazole rings is 1. The number of nitriles is 1. The number of rotatable bonds is 10. The minimum atomic E-state index is -0.712. The van der Waals surface area contributed by atoms with E-state index in [2.05, 4.69) is 11.1 Å². The number of benzene rings is 3. The molecule has 0 unspecified atom stereocenters. The van der Waals surface area contributed by atoms with Crippen LogP contribution in [0.25, 0.3) is 6.08 Å². The molecule has 0 spiro atoms. The lowest BCUT2D eigenvalue weighted by molar-refractivity contribution is -0.139. The van der Waals surface area contributed by atoms with Crippen molar-refractivity contribution in [2.45, 2.75) is 33.4 Å². The van der Waals surface area contributed by atoms with E-state index in [1.54, 1.807) is 55.9 Å². The second kappa shape index (κ2) is 13.4. The molecule has 2 heterocycles. The van der Waals surface area contributed by atoms with Gasteiger partial charge in [0.1, 0.15) is 12.4 Å². The summed E-state index contributed by atoms with van der Waals surface area (Å²) >= 11 is 1.25. The summed E-state index contributed by atoms with van der Waals surface area (Å²) in [5, 5.41) is 9.01. The maximum atomic E-state index is 13.9. The second-order valence-corrected chi connectivity index (χ2v) is 10.8. The van der Waals surface area contributed by atoms with Gasteiger partial charge < -0.3 is 18.9 Å². The number of methoxy groups -OCH3 is 1. The highest BCUT2D eigenvalue weighted by molar-refractivity contribution is 7.07. The van der Waals surface area contributed by atoms with Crippen LogP contribution in [-0.4, -0.2) is 30.9 Å². The second-order valence-electron chi connectivity index (χ2n) is 9.81. The van der Waals surface area contributed by atoms with Gasteiger partial charge in [0.2, 0.25) is 0 Å². The highest BCUT2D eigenvalue weighted by Gasteiger charge is 2.33. The molecule has 1 atom stereocenters. The Kier molecular flexibility index (Phi) is 9.26. The maximum absolute atomic E-state index is 13.9. The molecule has 1 aliphatic rings. The molecular weight excluding hydrogens is 578 g/mol. The molecule has 0 N–H and O–H groups in total. The fourth-order valence-corrected chi connectivity index (χ4v) is 5.95. The molecule has 5 rings (SSSR count). The topological polar surface area (TPSA) is 112 Å². The van der Waals surface area contributed by atoms with Crippen molar-refractivity contribution in [2.24, 2.45) is 4.99 Å².